The molecule has 0 aromatic carbocycles. The molecule has 0 fully saturated rings. The van der Waals surface area contributed by atoms with Gasteiger partial charge in [-0.2, -0.15) is 0 Å². The molecule has 1 aromatic rings. The molecule has 1 aromatic heterocycles. The maximum absolute atomic E-state index is 12.0. The Hall–Kier alpha value is -1.41. The topological polar surface area (TPSA) is 104 Å². The van der Waals surface area contributed by atoms with Crippen LogP contribution in [-0.2, 0) is 21.4 Å². The highest BCUT2D eigenvalue weighted by molar-refractivity contribution is 7.88. The molecule has 1 atom stereocenters. The van der Waals surface area contributed by atoms with Crippen LogP contribution in [0.2, 0.25) is 0 Å². The summed E-state index contributed by atoms with van der Waals surface area (Å²) in [5.74, 6) is 0.472. The molecule has 0 radical (unpaired) electrons. The van der Waals surface area contributed by atoms with Gasteiger partial charge in [0.05, 0.1) is 12.8 Å². The van der Waals surface area contributed by atoms with Crippen LogP contribution in [0.4, 0.5) is 0 Å². The first-order valence-electron chi connectivity index (χ1n) is 6.01. The first kappa shape index (κ1) is 15.6. The van der Waals surface area contributed by atoms with Crippen LogP contribution in [0.25, 0.3) is 0 Å². The van der Waals surface area contributed by atoms with Gasteiger partial charge in [-0.1, -0.05) is 13.8 Å². The lowest BCUT2D eigenvalue weighted by Gasteiger charge is -2.18. The van der Waals surface area contributed by atoms with Gasteiger partial charge in [-0.05, 0) is 12.3 Å². The number of sulfonamides is 1. The van der Waals surface area contributed by atoms with Gasteiger partial charge in [-0.25, -0.2) is 18.1 Å². The summed E-state index contributed by atoms with van der Waals surface area (Å²) in [5.41, 5.74) is 0. The van der Waals surface area contributed by atoms with Crippen LogP contribution >= 0.6 is 0 Å². The molecule has 1 rings (SSSR count). The molecule has 108 valence electrons. The van der Waals surface area contributed by atoms with Crippen LogP contribution < -0.4 is 10.0 Å². The van der Waals surface area contributed by atoms with E-state index in [0.717, 1.165) is 6.26 Å². The van der Waals surface area contributed by atoms with Crippen molar-refractivity contribution in [3.8, 4) is 0 Å². The summed E-state index contributed by atoms with van der Waals surface area (Å²) >= 11 is 0. The number of imidazole rings is 1. The first-order valence-corrected chi connectivity index (χ1v) is 7.90. The van der Waals surface area contributed by atoms with Crippen LogP contribution in [0.15, 0.2) is 12.4 Å². The predicted molar refractivity (Wildman–Crippen MR) is 71.7 cm³/mol. The third kappa shape index (κ3) is 6.35. The van der Waals surface area contributed by atoms with Crippen molar-refractivity contribution < 1.29 is 13.2 Å². The van der Waals surface area contributed by atoms with Gasteiger partial charge in [0.2, 0.25) is 15.9 Å². The highest BCUT2D eigenvalue weighted by Crippen LogP contribution is 2.06. The van der Waals surface area contributed by atoms with E-state index in [0.29, 0.717) is 12.2 Å². The molecule has 0 bridgehead atoms. The fraction of sp³-hybridized carbons (Fsp3) is 0.636. The molecule has 0 spiro atoms. The van der Waals surface area contributed by atoms with Crippen molar-refractivity contribution in [3.63, 3.8) is 0 Å². The van der Waals surface area contributed by atoms with E-state index in [1.165, 1.54) is 0 Å². The molecule has 0 aliphatic rings. The number of H-pyrrole nitrogens is 1. The van der Waals surface area contributed by atoms with E-state index < -0.39 is 16.1 Å². The molecular weight excluding hydrogens is 268 g/mol. The summed E-state index contributed by atoms with van der Waals surface area (Å²) in [6, 6.07) is -0.759. The van der Waals surface area contributed by atoms with Crippen LogP contribution in [-0.4, -0.2) is 36.6 Å². The molecule has 19 heavy (non-hydrogen) atoms. The predicted octanol–water partition coefficient (Wildman–Crippen LogP) is -0.0102. The molecule has 1 unspecified atom stereocenters. The van der Waals surface area contributed by atoms with Gasteiger partial charge in [0, 0.05) is 12.4 Å². The van der Waals surface area contributed by atoms with Crippen molar-refractivity contribution >= 4 is 15.9 Å². The van der Waals surface area contributed by atoms with E-state index in [1.807, 2.05) is 13.8 Å². The average Bonchev–Trinajstić information content (AvgIpc) is 2.75. The van der Waals surface area contributed by atoms with Gasteiger partial charge in [-0.15, -0.1) is 0 Å². The second kappa shape index (κ2) is 6.67. The summed E-state index contributed by atoms with van der Waals surface area (Å²) in [4.78, 5) is 18.8. The Morgan fingerprint density at radius 1 is 1.47 bits per heavy atom. The minimum absolute atomic E-state index is 0.202. The van der Waals surface area contributed by atoms with Crippen molar-refractivity contribution in [3.05, 3.63) is 18.2 Å². The number of nitrogens with zero attached hydrogens (tertiary/aromatic N) is 1. The lowest BCUT2D eigenvalue weighted by Crippen LogP contribution is -2.46. The molecule has 3 N–H and O–H groups in total. The molecule has 8 heteroatoms. The summed E-state index contributed by atoms with van der Waals surface area (Å²) in [5, 5.41) is 2.65. The number of carbonyl (C=O) groups excluding carboxylic acids is 1. The summed E-state index contributed by atoms with van der Waals surface area (Å²) in [6.07, 6.45) is 4.72. The molecule has 0 aliphatic heterocycles. The molecule has 7 nitrogen and oxygen atoms in total. The lowest BCUT2D eigenvalue weighted by molar-refractivity contribution is -0.123. The fourth-order valence-electron chi connectivity index (χ4n) is 1.63. The minimum Gasteiger partial charge on any atom is -0.347 e. The minimum atomic E-state index is -3.42. The fourth-order valence-corrected chi connectivity index (χ4v) is 2.35. The van der Waals surface area contributed by atoms with E-state index in [2.05, 4.69) is 20.0 Å². The van der Waals surface area contributed by atoms with Gasteiger partial charge in [0.15, 0.2) is 0 Å². The number of hydrogen-bond donors (Lipinski definition) is 3. The van der Waals surface area contributed by atoms with Crippen molar-refractivity contribution in [2.45, 2.75) is 32.9 Å². The highest BCUT2D eigenvalue weighted by Gasteiger charge is 2.22. The number of aromatic amines is 1. The van der Waals surface area contributed by atoms with E-state index >= 15 is 0 Å². The van der Waals surface area contributed by atoms with Gasteiger partial charge in [-0.3, -0.25) is 4.79 Å². The number of rotatable bonds is 7. The largest absolute Gasteiger partial charge is 0.347 e. The SMILES string of the molecule is CC(C)CC(NS(C)(=O)=O)C(=O)NCc1ncc[nH]1. The monoisotopic (exact) mass is 288 g/mol. The Labute approximate surface area is 113 Å². The lowest BCUT2D eigenvalue weighted by atomic mass is 10.0. The van der Waals surface area contributed by atoms with Gasteiger partial charge in [0.25, 0.3) is 0 Å². The van der Waals surface area contributed by atoms with Crippen molar-refractivity contribution in [2.24, 2.45) is 5.92 Å². The Morgan fingerprint density at radius 3 is 2.63 bits per heavy atom. The van der Waals surface area contributed by atoms with Crippen LogP contribution in [0, 0.1) is 5.92 Å². The third-order valence-corrected chi connectivity index (χ3v) is 3.08. The van der Waals surface area contributed by atoms with E-state index in [4.69, 9.17) is 0 Å². The highest BCUT2D eigenvalue weighted by atomic mass is 32.2. The second-order valence-electron chi connectivity index (χ2n) is 4.83. The molecule has 1 amide bonds. The Balaban J connectivity index is 2.60. The zero-order valence-electron chi connectivity index (χ0n) is 11.3. The smallest absolute Gasteiger partial charge is 0.238 e. The molecule has 1 heterocycles. The van der Waals surface area contributed by atoms with E-state index in [-0.39, 0.29) is 18.4 Å². The van der Waals surface area contributed by atoms with E-state index in [1.54, 1.807) is 12.4 Å². The average molecular weight is 288 g/mol. The molecule has 0 saturated carbocycles. The summed E-state index contributed by atoms with van der Waals surface area (Å²) < 4.78 is 24.8. The Kier molecular flexibility index (Phi) is 5.49. The molecule has 0 saturated heterocycles. The molecule has 0 aliphatic carbocycles. The number of amides is 1. The normalized spacial score (nSPS) is 13.5. The third-order valence-electron chi connectivity index (χ3n) is 2.36. The van der Waals surface area contributed by atoms with Crippen molar-refractivity contribution in [1.29, 1.82) is 0 Å². The Morgan fingerprint density at radius 2 is 2.16 bits per heavy atom. The zero-order valence-corrected chi connectivity index (χ0v) is 12.1. The Bertz CT molecular complexity index is 496. The first-order chi connectivity index (χ1) is 8.78. The van der Waals surface area contributed by atoms with Crippen LogP contribution in [0.3, 0.4) is 0 Å². The quantitative estimate of drug-likeness (QED) is 0.656. The van der Waals surface area contributed by atoms with Gasteiger partial charge in [0.1, 0.15) is 11.9 Å². The maximum Gasteiger partial charge on any atom is 0.238 e. The number of aromatic nitrogens is 2. The number of nitrogens with one attached hydrogen (secondary N) is 3. The maximum atomic E-state index is 12.0. The van der Waals surface area contributed by atoms with Crippen molar-refractivity contribution in [2.75, 3.05) is 6.26 Å². The van der Waals surface area contributed by atoms with Crippen LogP contribution in [0.1, 0.15) is 26.1 Å². The van der Waals surface area contributed by atoms with Gasteiger partial charge >= 0.3 is 0 Å². The zero-order chi connectivity index (χ0) is 14.5. The molecular formula is C11H20N4O3S. The summed E-state index contributed by atoms with van der Waals surface area (Å²) in [7, 11) is -3.42. The number of carbonyl (C=O) groups is 1. The van der Waals surface area contributed by atoms with Crippen molar-refractivity contribution in [1.82, 2.24) is 20.0 Å². The summed E-state index contributed by atoms with van der Waals surface area (Å²) in [6.45, 7) is 4.10. The van der Waals surface area contributed by atoms with Gasteiger partial charge < -0.3 is 10.3 Å². The number of hydrogen-bond acceptors (Lipinski definition) is 4. The van der Waals surface area contributed by atoms with Crippen LogP contribution in [0.5, 0.6) is 0 Å². The standard InChI is InChI=1S/C11H20N4O3S/c1-8(2)6-9(15-19(3,17)18)11(16)14-7-10-12-4-5-13-10/h4-5,8-9,15H,6-7H2,1-3H3,(H,12,13)(H,14,16). The second-order valence-corrected chi connectivity index (χ2v) is 6.61. The van der Waals surface area contributed by atoms with E-state index in [9.17, 15) is 13.2 Å².